The fourth-order valence-electron chi connectivity index (χ4n) is 3.56. The van der Waals surface area contributed by atoms with Gasteiger partial charge in [0.1, 0.15) is 5.76 Å². The summed E-state index contributed by atoms with van der Waals surface area (Å²) in [4.78, 5) is 35.6. The van der Waals surface area contributed by atoms with Gasteiger partial charge in [-0.3, -0.25) is 19.6 Å². The van der Waals surface area contributed by atoms with Crippen molar-refractivity contribution in [2.45, 2.75) is 19.5 Å². The van der Waals surface area contributed by atoms with E-state index in [1.54, 1.807) is 67.3 Å². The van der Waals surface area contributed by atoms with Gasteiger partial charge in [0, 0.05) is 41.4 Å². The molecule has 150 valence electrons. The van der Waals surface area contributed by atoms with E-state index in [2.05, 4.69) is 25.9 Å². The molecule has 0 saturated carbocycles. The molecular weight excluding hydrogens is 446 g/mol. The Hall–Kier alpha value is -3.32. The minimum Gasteiger partial charge on any atom is -0.507 e. The van der Waals surface area contributed by atoms with E-state index < -0.39 is 17.7 Å². The van der Waals surface area contributed by atoms with Crippen LogP contribution in [0.1, 0.15) is 28.3 Å². The molecule has 1 N–H and O–H groups in total. The monoisotopic (exact) mass is 463 g/mol. The van der Waals surface area contributed by atoms with E-state index in [0.29, 0.717) is 11.1 Å². The number of aromatic nitrogens is 2. The zero-order valence-corrected chi connectivity index (χ0v) is 17.7. The number of hydrogen-bond donors (Lipinski definition) is 1. The number of amides is 1. The third-order valence-corrected chi connectivity index (χ3v) is 5.96. The normalized spacial score (nSPS) is 18.1. The first-order valence-corrected chi connectivity index (χ1v) is 10.1. The molecule has 1 aliphatic heterocycles. The molecule has 1 atom stereocenters. The Balaban J connectivity index is 1.86. The maximum atomic E-state index is 13.0. The van der Waals surface area contributed by atoms with Crippen molar-refractivity contribution in [2.75, 3.05) is 0 Å². The van der Waals surface area contributed by atoms with E-state index >= 15 is 0 Å². The molecule has 1 unspecified atom stereocenters. The summed E-state index contributed by atoms with van der Waals surface area (Å²) in [6.07, 6.45) is 6.50. The van der Waals surface area contributed by atoms with Gasteiger partial charge >= 0.3 is 0 Å². The van der Waals surface area contributed by atoms with Gasteiger partial charge in [-0.2, -0.15) is 0 Å². The number of nitrogens with zero attached hydrogens (tertiary/aromatic N) is 3. The largest absolute Gasteiger partial charge is 0.507 e. The molecule has 3 heterocycles. The van der Waals surface area contributed by atoms with Crippen molar-refractivity contribution in [3.8, 4) is 0 Å². The lowest BCUT2D eigenvalue weighted by Crippen LogP contribution is -2.29. The van der Waals surface area contributed by atoms with Crippen LogP contribution in [0, 0.1) is 6.92 Å². The fraction of sp³-hybridized carbons (Fsp3) is 0.130. The Morgan fingerprint density at radius 1 is 1.10 bits per heavy atom. The number of likely N-dealkylation sites (tertiary alicyclic amines) is 1. The highest BCUT2D eigenvalue weighted by Gasteiger charge is 2.46. The SMILES string of the molecule is Cc1cc(/C(O)=C2/C(=O)C(=O)N(Cc3ccncc3)C2c2cccnc2)ccc1Br. The molecule has 1 fully saturated rings. The number of carbonyl (C=O) groups is 2. The van der Waals surface area contributed by atoms with Gasteiger partial charge in [-0.15, -0.1) is 0 Å². The van der Waals surface area contributed by atoms with Gasteiger partial charge in [-0.05, 0) is 53.9 Å². The Kier molecular flexibility index (Phi) is 5.46. The van der Waals surface area contributed by atoms with Crippen LogP contribution < -0.4 is 0 Å². The van der Waals surface area contributed by atoms with Crippen LogP contribution in [0.2, 0.25) is 0 Å². The van der Waals surface area contributed by atoms with Crippen molar-refractivity contribution in [2.24, 2.45) is 0 Å². The van der Waals surface area contributed by atoms with Gasteiger partial charge in [0.2, 0.25) is 0 Å². The Morgan fingerprint density at radius 3 is 2.53 bits per heavy atom. The minimum absolute atomic E-state index is 0.0591. The summed E-state index contributed by atoms with van der Waals surface area (Å²) in [5.74, 6) is -1.57. The highest BCUT2D eigenvalue weighted by molar-refractivity contribution is 9.10. The predicted octanol–water partition coefficient (Wildman–Crippen LogP) is 4.17. The number of ketones is 1. The van der Waals surface area contributed by atoms with Crippen LogP contribution in [0.5, 0.6) is 0 Å². The van der Waals surface area contributed by atoms with E-state index in [1.807, 2.05) is 6.92 Å². The van der Waals surface area contributed by atoms with Crippen molar-refractivity contribution in [3.63, 3.8) is 0 Å². The molecule has 0 aliphatic carbocycles. The zero-order valence-electron chi connectivity index (χ0n) is 16.1. The number of hydrogen-bond acceptors (Lipinski definition) is 5. The first-order valence-electron chi connectivity index (χ1n) is 9.31. The van der Waals surface area contributed by atoms with Gasteiger partial charge in [0.25, 0.3) is 11.7 Å². The number of halogens is 1. The number of Topliss-reactive ketones (excluding diaryl/α,β-unsaturated/α-hetero) is 1. The highest BCUT2D eigenvalue weighted by Crippen LogP contribution is 2.40. The molecule has 1 aromatic carbocycles. The van der Waals surface area contributed by atoms with Crippen LogP contribution in [0.3, 0.4) is 0 Å². The van der Waals surface area contributed by atoms with Crippen molar-refractivity contribution >= 4 is 33.4 Å². The van der Waals surface area contributed by atoms with Crippen LogP contribution in [0.25, 0.3) is 5.76 Å². The number of carbonyl (C=O) groups excluding carboxylic acids is 2. The number of aryl methyl sites for hydroxylation is 1. The van der Waals surface area contributed by atoms with Crippen molar-refractivity contribution in [1.82, 2.24) is 14.9 Å². The Labute approximate surface area is 182 Å². The second-order valence-electron chi connectivity index (χ2n) is 7.03. The van der Waals surface area contributed by atoms with E-state index in [4.69, 9.17) is 0 Å². The quantitative estimate of drug-likeness (QED) is 0.356. The third-order valence-electron chi connectivity index (χ3n) is 5.07. The van der Waals surface area contributed by atoms with E-state index in [1.165, 1.54) is 4.90 Å². The van der Waals surface area contributed by atoms with Crippen LogP contribution in [-0.2, 0) is 16.1 Å². The van der Waals surface area contributed by atoms with E-state index in [9.17, 15) is 14.7 Å². The molecule has 3 aromatic rings. The summed E-state index contributed by atoms with van der Waals surface area (Å²) in [5, 5.41) is 11.1. The van der Waals surface area contributed by atoms with Crippen LogP contribution in [-0.4, -0.2) is 31.7 Å². The molecule has 1 aliphatic rings. The molecule has 4 rings (SSSR count). The summed E-state index contributed by atoms with van der Waals surface area (Å²) in [7, 11) is 0. The number of benzene rings is 1. The van der Waals surface area contributed by atoms with Crippen molar-refractivity contribution < 1.29 is 14.7 Å². The van der Waals surface area contributed by atoms with E-state index in [-0.39, 0.29) is 17.9 Å². The lowest BCUT2D eigenvalue weighted by atomic mass is 9.95. The second-order valence-corrected chi connectivity index (χ2v) is 7.89. The lowest BCUT2D eigenvalue weighted by Gasteiger charge is -2.25. The minimum atomic E-state index is -0.740. The van der Waals surface area contributed by atoms with Crippen molar-refractivity contribution in [3.05, 3.63) is 99.6 Å². The third kappa shape index (κ3) is 3.64. The summed E-state index contributed by atoms with van der Waals surface area (Å²) in [5.41, 5.74) is 2.93. The molecule has 0 radical (unpaired) electrons. The summed E-state index contributed by atoms with van der Waals surface area (Å²) < 4.78 is 0.890. The van der Waals surface area contributed by atoms with Crippen LogP contribution in [0.4, 0.5) is 0 Å². The molecule has 2 aromatic heterocycles. The average Bonchev–Trinajstić information content (AvgIpc) is 3.01. The fourth-order valence-corrected chi connectivity index (χ4v) is 3.81. The maximum absolute atomic E-state index is 13.0. The summed E-state index contributed by atoms with van der Waals surface area (Å²) >= 11 is 3.44. The number of pyridine rings is 2. The van der Waals surface area contributed by atoms with Gasteiger partial charge in [-0.1, -0.05) is 28.1 Å². The molecule has 0 spiro atoms. The smallest absolute Gasteiger partial charge is 0.295 e. The number of aliphatic hydroxyl groups excluding tert-OH is 1. The molecule has 7 heteroatoms. The molecular formula is C23H18BrN3O3. The zero-order chi connectivity index (χ0) is 21.3. The Morgan fingerprint density at radius 2 is 1.87 bits per heavy atom. The number of aliphatic hydroxyl groups is 1. The lowest BCUT2D eigenvalue weighted by molar-refractivity contribution is -0.140. The standard InChI is InChI=1S/C23H18BrN3O3/c1-14-11-16(4-5-18(14)24)21(28)19-20(17-3-2-8-26-12-17)27(23(30)22(19)29)13-15-6-9-25-10-7-15/h2-12,20,28H,13H2,1H3/b21-19-. The molecule has 1 saturated heterocycles. The summed E-state index contributed by atoms with van der Waals surface area (Å²) in [6, 6.07) is 11.7. The highest BCUT2D eigenvalue weighted by atomic mass is 79.9. The topological polar surface area (TPSA) is 83.4 Å². The summed E-state index contributed by atoms with van der Waals surface area (Å²) in [6.45, 7) is 2.10. The van der Waals surface area contributed by atoms with Gasteiger partial charge < -0.3 is 10.0 Å². The molecule has 30 heavy (non-hydrogen) atoms. The predicted molar refractivity (Wildman–Crippen MR) is 115 cm³/mol. The molecule has 6 nitrogen and oxygen atoms in total. The van der Waals surface area contributed by atoms with Gasteiger partial charge in [-0.25, -0.2) is 0 Å². The van der Waals surface area contributed by atoms with Crippen LogP contribution >= 0.6 is 15.9 Å². The van der Waals surface area contributed by atoms with Gasteiger partial charge in [0.15, 0.2) is 0 Å². The van der Waals surface area contributed by atoms with Gasteiger partial charge in [0.05, 0.1) is 11.6 Å². The first kappa shape index (κ1) is 20.0. The van der Waals surface area contributed by atoms with E-state index in [0.717, 1.165) is 15.6 Å². The first-order chi connectivity index (χ1) is 14.5. The number of rotatable bonds is 4. The average molecular weight is 464 g/mol. The Bertz CT molecular complexity index is 1150. The van der Waals surface area contributed by atoms with Crippen LogP contribution in [0.15, 0.2) is 77.3 Å². The molecule has 1 amide bonds. The maximum Gasteiger partial charge on any atom is 0.295 e. The van der Waals surface area contributed by atoms with Crippen molar-refractivity contribution in [1.29, 1.82) is 0 Å². The second kappa shape index (κ2) is 8.20. The molecule has 0 bridgehead atoms.